The molecule has 5 heteroatoms. The Morgan fingerprint density at radius 1 is 1.15 bits per heavy atom. The highest BCUT2D eigenvalue weighted by Crippen LogP contribution is 2.28. The van der Waals surface area contributed by atoms with Crippen molar-refractivity contribution in [1.82, 2.24) is 9.97 Å². The number of aromatic nitrogens is 2. The van der Waals surface area contributed by atoms with Crippen molar-refractivity contribution in [1.29, 1.82) is 0 Å². The number of hydrogen-bond acceptors (Lipinski definition) is 5. The number of aryl methyl sites for hydroxylation is 3. The van der Waals surface area contributed by atoms with Gasteiger partial charge in [0.2, 0.25) is 0 Å². The van der Waals surface area contributed by atoms with Crippen molar-refractivity contribution < 1.29 is 0 Å². The Kier molecular flexibility index (Phi) is 3.62. The molecule has 0 aliphatic heterocycles. The number of thiophene rings is 1. The van der Waals surface area contributed by atoms with Gasteiger partial charge in [0.05, 0.1) is 5.39 Å². The SMILES string of the molecule is Cc1cc2c(NN)nc(CCc3ccccc3)nc2s1. The molecule has 4 nitrogen and oxygen atoms in total. The van der Waals surface area contributed by atoms with Gasteiger partial charge in [-0.1, -0.05) is 30.3 Å². The fraction of sp³-hybridized carbons (Fsp3) is 0.200. The Labute approximate surface area is 121 Å². The third-order valence-corrected chi connectivity index (χ3v) is 4.12. The Hall–Kier alpha value is -1.98. The number of hydrogen-bond donors (Lipinski definition) is 2. The molecule has 102 valence electrons. The molecule has 0 fully saturated rings. The number of rotatable bonds is 4. The fourth-order valence-electron chi connectivity index (χ4n) is 2.21. The Morgan fingerprint density at radius 2 is 1.95 bits per heavy atom. The van der Waals surface area contributed by atoms with E-state index in [4.69, 9.17) is 5.84 Å². The first-order chi connectivity index (χ1) is 9.76. The van der Waals surface area contributed by atoms with Crippen LogP contribution in [0.5, 0.6) is 0 Å². The van der Waals surface area contributed by atoms with E-state index >= 15 is 0 Å². The van der Waals surface area contributed by atoms with E-state index in [1.54, 1.807) is 11.3 Å². The smallest absolute Gasteiger partial charge is 0.152 e. The molecule has 0 aliphatic carbocycles. The van der Waals surface area contributed by atoms with E-state index in [-0.39, 0.29) is 0 Å². The molecular formula is C15H16N4S. The first-order valence-electron chi connectivity index (χ1n) is 6.54. The van der Waals surface area contributed by atoms with Gasteiger partial charge in [-0.25, -0.2) is 15.8 Å². The second-order valence-electron chi connectivity index (χ2n) is 4.69. The zero-order valence-corrected chi connectivity index (χ0v) is 12.1. The first-order valence-corrected chi connectivity index (χ1v) is 7.35. The van der Waals surface area contributed by atoms with Gasteiger partial charge in [0.1, 0.15) is 10.7 Å². The van der Waals surface area contributed by atoms with Crippen molar-refractivity contribution >= 4 is 27.4 Å². The Balaban J connectivity index is 1.88. The molecule has 0 spiro atoms. The van der Waals surface area contributed by atoms with Crippen LogP contribution in [0.25, 0.3) is 10.2 Å². The summed E-state index contributed by atoms with van der Waals surface area (Å²) < 4.78 is 0. The van der Waals surface area contributed by atoms with E-state index in [2.05, 4.69) is 52.6 Å². The quantitative estimate of drug-likeness (QED) is 0.571. The lowest BCUT2D eigenvalue weighted by molar-refractivity contribution is 0.871. The van der Waals surface area contributed by atoms with Crippen molar-refractivity contribution in [3.05, 3.63) is 52.7 Å². The van der Waals surface area contributed by atoms with Gasteiger partial charge >= 0.3 is 0 Å². The van der Waals surface area contributed by atoms with Gasteiger partial charge in [-0.2, -0.15) is 0 Å². The molecule has 0 saturated heterocycles. The van der Waals surface area contributed by atoms with Crippen LogP contribution >= 0.6 is 11.3 Å². The average molecular weight is 284 g/mol. The minimum atomic E-state index is 0.711. The van der Waals surface area contributed by atoms with Gasteiger partial charge in [-0.05, 0) is 25.0 Å². The molecule has 2 heterocycles. The molecule has 0 radical (unpaired) electrons. The zero-order valence-electron chi connectivity index (χ0n) is 11.3. The van der Waals surface area contributed by atoms with Crippen LogP contribution in [0, 0.1) is 6.92 Å². The molecule has 0 atom stereocenters. The van der Waals surface area contributed by atoms with E-state index in [0.717, 1.165) is 28.9 Å². The lowest BCUT2D eigenvalue weighted by Gasteiger charge is -2.05. The lowest BCUT2D eigenvalue weighted by Crippen LogP contribution is -2.11. The minimum Gasteiger partial charge on any atom is -0.308 e. The standard InChI is InChI=1S/C15H16N4S/c1-10-9-12-14(19-16)17-13(18-15(12)20-10)8-7-11-5-3-2-4-6-11/h2-6,9H,7-8,16H2,1H3,(H,17,18,19). The summed E-state index contributed by atoms with van der Waals surface area (Å²) in [5.41, 5.74) is 3.97. The highest BCUT2D eigenvalue weighted by Gasteiger charge is 2.09. The summed E-state index contributed by atoms with van der Waals surface area (Å²) in [6, 6.07) is 12.4. The van der Waals surface area contributed by atoms with Crippen LogP contribution in [0.2, 0.25) is 0 Å². The van der Waals surface area contributed by atoms with Crippen LogP contribution < -0.4 is 11.3 Å². The summed E-state index contributed by atoms with van der Waals surface area (Å²) in [4.78, 5) is 11.3. The second-order valence-corrected chi connectivity index (χ2v) is 5.93. The summed E-state index contributed by atoms with van der Waals surface area (Å²) in [6.45, 7) is 2.07. The van der Waals surface area contributed by atoms with Crippen molar-refractivity contribution in [3.63, 3.8) is 0 Å². The van der Waals surface area contributed by atoms with Crippen molar-refractivity contribution in [2.75, 3.05) is 5.43 Å². The van der Waals surface area contributed by atoms with E-state index in [1.165, 1.54) is 10.4 Å². The Bertz CT molecular complexity index is 721. The maximum Gasteiger partial charge on any atom is 0.152 e. The summed E-state index contributed by atoms with van der Waals surface area (Å²) in [5, 5.41) is 0.999. The normalized spacial score (nSPS) is 10.9. The van der Waals surface area contributed by atoms with Gasteiger partial charge < -0.3 is 5.43 Å². The predicted octanol–water partition coefficient (Wildman–Crippen LogP) is 3.07. The molecule has 0 unspecified atom stereocenters. The third kappa shape index (κ3) is 2.64. The van der Waals surface area contributed by atoms with Crippen molar-refractivity contribution in [3.8, 4) is 0 Å². The van der Waals surface area contributed by atoms with Crippen LogP contribution in [0.1, 0.15) is 16.3 Å². The molecule has 0 saturated carbocycles. The van der Waals surface area contributed by atoms with Gasteiger partial charge in [0, 0.05) is 11.3 Å². The molecule has 0 aliphatic rings. The minimum absolute atomic E-state index is 0.711. The summed E-state index contributed by atoms with van der Waals surface area (Å²) in [5.74, 6) is 7.11. The number of nitrogens with zero attached hydrogens (tertiary/aromatic N) is 2. The number of fused-ring (bicyclic) bond motifs is 1. The maximum atomic E-state index is 5.57. The first kappa shape index (κ1) is 13.0. The molecule has 3 aromatic rings. The second kappa shape index (κ2) is 5.56. The summed E-state index contributed by atoms with van der Waals surface area (Å²) in [7, 11) is 0. The van der Waals surface area contributed by atoms with Crippen LogP contribution in [0.3, 0.4) is 0 Å². The predicted molar refractivity (Wildman–Crippen MR) is 83.8 cm³/mol. The number of hydrazine groups is 1. The molecule has 2 aromatic heterocycles. The molecule has 3 rings (SSSR count). The molecule has 1 aromatic carbocycles. The van der Waals surface area contributed by atoms with Crippen molar-refractivity contribution in [2.24, 2.45) is 5.84 Å². The van der Waals surface area contributed by atoms with Crippen LogP contribution in [0.4, 0.5) is 5.82 Å². The van der Waals surface area contributed by atoms with Gasteiger partial charge in [-0.3, -0.25) is 0 Å². The summed E-state index contributed by atoms with van der Waals surface area (Å²) in [6.07, 6.45) is 1.74. The van der Waals surface area contributed by atoms with Gasteiger partial charge in [-0.15, -0.1) is 11.3 Å². The summed E-state index contributed by atoms with van der Waals surface area (Å²) >= 11 is 1.67. The molecular weight excluding hydrogens is 268 g/mol. The monoisotopic (exact) mass is 284 g/mol. The molecule has 3 N–H and O–H groups in total. The van der Waals surface area contributed by atoms with E-state index in [1.807, 2.05) is 6.07 Å². The zero-order chi connectivity index (χ0) is 13.9. The topological polar surface area (TPSA) is 63.8 Å². The highest BCUT2D eigenvalue weighted by atomic mass is 32.1. The number of benzene rings is 1. The third-order valence-electron chi connectivity index (χ3n) is 3.18. The van der Waals surface area contributed by atoms with Crippen molar-refractivity contribution in [2.45, 2.75) is 19.8 Å². The largest absolute Gasteiger partial charge is 0.308 e. The van der Waals surface area contributed by atoms with E-state index in [9.17, 15) is 0 Å². The molecule has 0 bridgehead atoms. The average Bonchev–Trinajstić information content (AvgIpc) is 2.85. The maximum absolute atomic E-state index is 5.57. The molecule has 0 amide bonds. The van der Waals surface area contributed by atoms with Crippen LogP contribution in [0.15, 0.2) is 36.4 Å². The highest BCUT2D eigenvalue weighted by molar-refractivity contribution is 7.18. The number of anilines is 1. The number of nitrogens with one attached hydrogen (secondary N) is 1. The Morgan fingerprint density at radius 3 is 2.70 bits per heavy atom. The van der Waals surface area contributed by atoms with E-state index in [0.29, 0.717) is 5.82 Å². The number of nitrogen functional groups attached to an aromatic ring is 1. The lowest BCUT2D eigenvalue weighted by atomic mass is 10.1. The van der Waals surface area contributed by atoms with Gasteiger partial charge in [0.15, 0.2) is 5.82 Å². The van der Waals surface area contributed by atoms with E-state index < -0.39 is 0 Å². The number of nitrogens with two attached hydrogens (primary N) is 1. The van der Waals surface area contributed by atoms with Crippen LogP contribution in [-0.2, 0) is 12.8 Å². The fourth-order valence-corrected chi connectivity index (χ4v) is 3.11. The molecule has 20 heavy (non-hydrogen) atoms. The van der Waals surface area contributed by atoms with Crippen LogP contribution in [-0.4, -0.2) is 9.97 Å². The van der Waals surface area contributed by atoms with Gasteiger partial charge in [0.25, 0.3) is 0 Å².